The molecule has 2 N–H and O–H groups in total. The second-order valence-electron chi connectivity index (χ2n) is 6.63. The van der Waals surface area contributed by atoms with E-state index in [1.54, 1.807) is 12.0 Å². The van der Waals surface area contributed by atoms with Gasteiger partial charge in [-0.1, -0.05) is 0 Å². The Morgan fingerprint density at radius 1 is 1.29 bits per heavy atom. The Morgan fingerprint density at radius 2 is 1.86 bits per heavy atom. The number of amides is 1. The molecule has 21 heavy (non-hydrogen) atoms. The topological polar surface area (TPSA) is 64.8 Å². The van der Waals surface area contributed by atoms with E-state index in [0.29, 0.717) is 6.54 Å². The van der Waals surface area contributed by atoms with Gasteiger partial charge in [0.2, 0.25) is 0 Å². The van der Waals surface area contributed by atoms with Crippen LogP contribution in [0.15, 0.2) is 24.3 Å². The summed E-state index contributed by atoms with van der Waals surface area (Å²) in [6.07, 6.45) is 1.50. The van der Waals surface area contributed by atoms with Crippen molar-refractivity contribution in [1.29, 1.82) is 0 Å². The van der Waals surface area contributed by atoms with Crippen LogP contribution in [0.2, 0.25) is 0 Å². The van der Waals surface area contributed by atoms with Crippen molar-refractivity contribution in [3.05, 3.63) is 24.3 Å². The minimum Gasteiger partial charge on any atom is -0.497 e. The van der Waals surface area contributed by atoms with Gasteiger partial charge in [0, 0.05) is 17.8 Å². The van der Waals surface area contributed by atoms with E-state index in [0.717, 1.165) is 24.3 Å². The van der Waals surface area contributed by atoms with Gasteiger partial charge in [-0.15, -0.1) is 0 Å². The summed E-state index contributed by atoms with van der Waals surface area (Å²) in [4.78, 5) is 14.0. The molecular weight excluding hydrogens is 268 g/mol. The van der Waals surface area contributed by atoms with Crippen LogP contribution in [0.1, 0.15) is 33.6 Å². The van der Waals surface area contributed by atoms with Gasteiger partial charge in [0.1, 0.15) is 11.4 Å². The molecule has 0 atom stereocenters. The lowest BCUT2D eigenvalue weighted by Gasteiger charge is -2.29. The molecule has 0 unspecified atom stereocenters. The number of hydrogen-bond acceptors (Lipinski definition) is 4. The largest absolute Gasteiger partial charge is 0.497 e. The van der Waals surface area contributed by atoms with E-state index < -0.39 is 5.60 Å². The molecule has 1 aromatic carbocycles. The fraction of sp³-hybridized carbons (Fsp3) is 0.562. The molecule has 5 nitrogen and oxygen atoms in total. The zero-order chi connectivity index (χ0) is 15.7. The number of anilines is 1. The molecule has 1 fully saturated rings. The van der Waals surface area contributed by atoms with Crippen molar-refractivity contribution in [3.8, 4) is 5.75 Å². The molecule has 0 bridgehead atoms. The minimum atomic E-state index is -0.535. The smallest absolute Gasteiger partial charge is 0.414 e. The van der Waals surface area contributed by atoms with Gasteiger partial charge in [0.25, 0.3) is 0 Å². The third-order valence-corrected chi connectivity index (χ3v) is 3.36. The summed E-state index contributed by atoms with van der Waals surface area (Å²) < 4.78 is 10.6. The second-order valence-corrected chi connectivity index (χ2v) is 6.63. The van der Waals surface area contributed by atoms with Gasteiger partial charge >= 0.3 is 6.09 Å². The summed E-state index contributed by atoms with van der Waals surface area (Å²) in [6.45, 7) is 6.03. The van der Waals surface area contributed by atoms with Crippen molar-refractivity contribution in [2.45, 2.75) is 44.8 Å². The summed E-state index contributed by atoms with van der Waals surface area (Å²) in [7, 11) is 1.61. The number of benzene rings is 1. The molecule has 116 valence electrons. The number of ether oxygens (including phenoxy) is 2. The van der Waals surface area contributed by atoms with Crippen LogP contribution in [0.4, 0.5) is 10.5 Å². The first-order valence-corrected chi connectivity index (χ1v) is 7.16. The Bertz CT molecular complexity index is 501. The number of nitrogens with two attached hydrogens (primary N) is 1. The highest BCUT2D eigenvalue weighted by Gasteiger charge is 2.42. The quantitative estimate of drug-likeness (QED) is 0.926. The van der Waals surface area contributed by atoms with Crippen molar-refractivity contribution < 1.29 is 14.3 Å². The van der Waals surface area contributed by atoms with Crippen molar-refractivity contribution in [2.24, 2.45) is 5.73 Å². The molecule has 1 saturated carbocycles. The Kier molecular flexibility index (Phi) is 4.14. The van der Waals surface area contributed by atoms with Crippen LogP contribution in [0.5, 0.6) is 5.75 Å². The monoisotopic (exact) mass is 292 g/mol. The van der Waals surface area contributed by atoms with Gasteiger partial charge in [-0.25, -0.2) is 4.79 Å². The number of carbonyl (C=O) groups excluding carboxylic acids is 1. The van der Waals surface area contributed by atoms with Crippen LogP contribution < -0.4 is 15.4 Å². The predicted octanol–water partition coefficient (Wildman–Crippen LogP) is 2.93. The zero-order valence-electron chi connectivity index (χ0n) is 13.2. The minimum absolute atomic E-state index is 0.281. The van der Waals surface area contributed by atoms with E-state index in [4.69, 9.17) is 15.2 Å². The fourth-order valence-corrected chi connectivity index (χ4v) is 1.97. The van der Waals surface area contributed by atoms with Gasteiger partial charge in [0.15, 0.2) is 0 Å². The van der Waals surface area contributed by atoms with Crippen LogP contribution in [0.25, 0.3) is 0 Å². The standard InChI is InChI=1S/C16H24N2O3/c1-15(2,3)21-14(19)18(11-16(17)9-10-16)12-5-7-13(20-4)8-6-12/h5-8H,9-11,17H2,1-4H3. The molecule has 0 aliphatic heterocycles. The highest BCUT2D eigenvalue weighted by Crippen LogP contribution is 2.35. The lowest BCUT2D eigenvalue weighted by molar-refractivity contribution is 0.0577. The molecule has 5 heteroatoms. The molecule has 2 rings (SSSR count). The molecule has 1 aliphatic carbocycles. The SMILES string of the molecule is COc1ccc(N(CC2(N)CC2)C(=O)OC(C)(C)C)cc1. The van der Waals surface area contributed by atoms with Crippen molar-refractivity contribution in [1.82, 2.24) is 0 Å². The van der Waals surface area contributed by atoms with E-state index in [1.807, 2.05) is 45.0 Å². The van der Waals surface area contributed by atoms with E-state index in [2.05, 4.69) is 0 Å². The number of carbonyl (C=O) groups is 1. The first-order valence-electron chi connectivity index (χ1n) is 7.16. The molecule has 0 spiro atoms. The van der Waals surface area contributed by atoms with Crippen LogP contribution >= 0.6 is 0 Å². The number of methoxy groups -OCH3 is 1. The van der Waals surface area contributed by atoms with Crippen LogP contribution in [0, 0.1) is 0 Å². The highest BCUT2D eigenvalue weighted by molar-refractivity contribution is 5.88. The van der Waals surface area contributed by atoms with Crippen LogP contribution in [0.3, 0.4) is 0 Å². The summed E-state index contributed by atoms with van der Waals surface area (Å²) in [5.41, 5.74) is 6.12. The Morgan fingerprint density at radius 3 is 2.29 bits per heavy atom. The van der Waals surface area contributed by atoms with Crippen LogP contribution in [-0.4, -0.2) is 30.9 Å². The fourth-order valence-electron chi connectivity index (χ4n) is 1.97. The molecule has 0 aromatic heterocycles. The van der Waals surface area contributed by atoms with E-state index in [-0.39, 0.29) is 11.6 Å². The normalized spacial score (nSPS) is 16.2. The summed E-state index contributed by atoms with van der Waals surface area (Å²) in [5.74, 6) is 0.747. The Labute approximate surface area is 126 Å². The molecule has 1 amide bonds. The highest BCUT2D eigenvalue weighted by atomic mass is 16.6. The van der Waals surface area contributed by atoms with Crippen LogP contribution in [-0.2, 0) is 4.74 Å². The first kappa shape index (κ1) is 15.6. The number of rotatable bonds is 4. The van der Waals surface area contributed by atoms with Crippen molar-refractivity contribution >= 4 is 11.8 Å². The van der Waals surface area contributed by atoms with Gasteiger partial charge < -0.3 is 15.2 Å². The average Bonchev–Trinajstić information content (AvgIpc) is 3.12. The molecule has 1 aliphatic rings. The van der Waals surface area contributed by atoms with Crippen molar-refractivity contribution in [3.63, 3.8) is 0 Å². The van der Waals surface area contributed by atoms with E-state index in [9.17, 15) is 4.79 Å². The first-order chi connectivity index (χ1) is 9.72. The summed E-state index contributed by atoms with van der Waals surface area (Å²) >= 11 is 0. The zero-order valence-corrected chi connectivity index (χ0v) is 13.2. The molecular formula is C16H24N2O3. The van der Waals surface area contributed by atoms with E-state index in [1.165, 1.54) is 0 Å². The Balaban J connectivity index is 2.20. The van der Waals surface area contributed by atoms with Crippen molar-refractivity contribution in [2.75, 3.05) is 18.6 Å². The third kappa shape index (κ3) is 4.36. The number of nitrogens with zero attached hydrogens (tertiary/aromatic N) is 1. The molecule has 1 aromatic rings. The Hall–Kier alpha value is -1.75. The third-order valence-electron chi connectivity index (χ3n) is 3.36. The maximum Gasteiger partial charge on any atom is 0.414 e. The maximum atomic E-state index is 12.4. The summed E-state index contributed by atoms with van der Waals surface area (Å²) in [5, 5.41) is 0. The molecule has 0 heterocycles. The maximum absolute atomic E-state index is 12.4. The lowest BCUT2D eigenvalue weighted by Crippen LogP contribution is -2.45. The molecule has 0 radical (unpaired) electrons. The number of hydrogen-bond donors (Lipinski definition) is 1. The average molecular weight is 292 g/mol. The molecule has 0 saturated heterocycles. The van der Waals surface area contributed by atoms with Gasteiger partial charge in [-0.2, -0.15) is 0 Å². The van der Waals surface area contributed by atoms with E-state index >= 15 is 0 Å². The second kappa shape index (κ2) is 5.56. The van der Waals surface area contributed by atoms with Gasteiger partial charge in [-0.3, -0.25) is 4.90 Å². The predicted molar refractivity (Wildman–Crippen MR) is 82.7 cm³/mol. The van der Waals surface area contributed by atoms with Gasteiger partial charge in [-0.05, 0) is 57.9 Å². The summed E-state index contributed by atoms with van der Waals surface area (Å²) in [6, 6.07) is 7.33. The van der Waals surface area contributed by atoms with Gasteiger partial charge in [0.05, 0.1) is 7.11 Å². The lowest BCUT2D eigenvalue weighted by atomic mass is 10.2.